The number of anilines is 1. The van der Waals surface area contributed by atoms with Crippen LogP contribution in [0.25, 0.3) is 11.1 Å². The van der Waals surface area contributed by atoms with E-state index in [2.05, 4.69) is 0 Å². The van der Waals surface area contributed by atoms with Crippen molar-refractivity contribution in [3.63, 3.8) is 0 Å². The van der Waals surface area contributed by atoms with E-state index in [0.717, 1.165) is 25.5 Å². The second-order valence-electron chi connectivity index (χ2n) is 5.41. The number of methoxy groups -OCH3 is 2. The van der Waals surface area contributed by atoms with Crippen molar-refractivity contribution < 1.29 is 14.3 Å². The lowest BCUT2D eigenvalue weighted by Gasteiger charge is -2.41. The molecule has 1 aliphatic rings. The van der Waals surface area contributed by atoms with Crippen LogP contribution in [0.1, 0.15) is 18.7 Å². The Kier molecular flexibility index (Phi) is 3.74. The first kappa shape index (κ1) is 15.5. The SMILES string of the molecule is COC(=O)N1c2cc(OC)ccc2-c2c(ssc2=S)C1(C)C. The van der Waals surface area contributed by atoms with Crippen molar-refractivity contribution in [1.29, 1.82) is 0 Å². The second-order valence-corrected chi connectivity index (χ2v) is 8.22. The fourth-order valence-corrected chi connectivity index (χ4v) is 6.03. The number of carbonyl (C=O) groups excluding carboxylic acids is 1. The summed E-state index contributed by atoms with van der Waals surface area (Å²) in [5.41, 5.74) is 2.23. The molecule has 0 unspecified atom stereocenters. The molecule has 0 aliphatic carbocycles. The van der Waals surface area contributed by atoms with E-state index < -0.39 is 11.6 Å². The molecule has 0 N–H and O–H groups in total. The minimum atomic E-state index is -0.528. The number of hydrogen-bond acceptors (Lipinski definition) is 6. The van der Waals surface area contributed by atoms with Crippen molar-refractivity contribution in [3.05, 3.63) is 26.9 Å². The van der Waals surface area contributed by atoms with Crippen LogP contribution < -0.4 is 9.64 Å². The van der Waals surface area contributed by atoms with Gasteiger partial charge in [0.25, 0.3) is 0 Å². The molecular weight excluding hydrogens is 338 g/mol. The maximum Gasteiger partial charge on any atom is 0.414 e. The number of fused-ring (bicyclic) bond motifs is 3. The van der Waals surface area contributed by atoms with Crippen LogP contribution in [0, 0.1) is 3.82 Å². The van der Waals surface area contributed by atoms with Crippen LogP contribution >= 0.6 is 32.9 Å². The summed E-state index contributed by atoms with van der Waals surface area (Å²) in [6.45, 7) is 4.01. The van der Waals surface area contributed by atoms with E-state index in [1.165, 1.54) is 7.11 Å². The van der Waals surface area contributed by atoms with Gasteiger partial charge in [-0.05, 0) is 26.0 Å². The number of hydrogen-bond donors (Lipinski definition) is 0. The topological polar surface area (TPSA) is 38.8 Å². The van der Waals surface area contributed by atoms with Crippen LogP contribution in [-0.4, -0.2) is 20.3 Å². The predicted molar refractivity (Wildman–Crippen MR) is 92.9 cm³/mol. The number of ether oxygens (including phenoxy) is 2. The summed E-state index contributed by atoms with van der Waals surface area (Å²) in [5.74, 6) is 0.691. The first-order valence-electron chi connectivity index (χ1n) is 6.62. The van der Waals surface area contributed by atoms with Crippen molar-refractivity contribution in [2.75, 3.05) is 19.1 Å². The fourth-order valence-electron chi connectivity index (χ4n) is 2.75. The van der Waals surface area contributed by atoms with E-state index in [-0.39, 0.29) is 0 Å². The van der Waals surface area contributed by atoms with Crippen LogP contribution in [0.15, 0.2) is 18.2 Å². The third-order valence-electron chi connectivity index (χ3n) is 3.82. The largest absolute Gasteiger partial charge is 0.497 e. The molecule has 0 atom stereocenters. The molecule has 2 heterocycles. The standard InChI is InChI=1S/C15H15NO3S3/c1-15(2)12-11(13(20)22-21-12)9-6-5-8(18-3)7-10(9)16(15)14(17)19-4/h5-7H,1-4H3. The number of rotatable bonds is 1. The van der Waals surface area contributed by atoms with Gasteiger partial charge in [0, 0.05) is 17.2 Å². The van der Waals surface area contributed by atoms with Crippen molar-refractivity contribution >= 4 is 44.7 Å². The Morgan fingerprint density at radius 2 is 2.00 bits per heavy atom. The van der Waals surface area contributed by atoms with Gasteiger partial charge < -0.3 is 9.47 Å². The summed E-state index contributed by atoms with van der Waals surface area (Å²) in [5, 5.41) is 0. The maximum absolute atomic E-state index is 12.4. The lowest BCUT2D eigenvalue weighted by Crippen LogP contribution is -2.47. The zero-order valence-corrected chi connectivity index (χ0v) is 15.1. The highest BCUT2D eigenvalue weighted by atomic mass is 32.9. The van der Waals surface area contributed by atoms with Gasteiger partial charge in [0.05, 0.1) is 30.3 Å². The van der Waals surface area contributed by atoms with E-state index in [1.807, 2.05) is 32.0 Å². The van der Waals surface area contributed by atoms with E-state index in [4.69, 9.17) is 21.7 Å². The number of carbonyl (C=O) groups is 1. The molecule has 2 aromatic rings. The number of amides is 1. The molecule has 3 rings (SSSR count). The lowest BCUT2D eigenvalue weighted by atomic mass is 9.88. The molecule has 22 heavy (non-hydrogen) atoms. The summed E-state index contributed by atoms with van der Waals surface area (Å²) in [7, 11) is 6.18. The van der Waals surface area contributed by atoms with Crippen molar-refractivity contribution in [2.24, 2.45) is 0 Å². The molecule has 116 valence electrons. The molecule has 1 amide bonds. The molecule has 0 radical (unpaired) electrons. The van der Waals surface area contributed by atoms with E-state index in [9.17, 15) is 4.79 Å². The van der Waals surface area contributed by atoms with E-state index in [0.29, 0.717) is 5.75 Å². The van der Waals surface area contributed by atoms with Gasteiger partial charge >= 0.3 is 6.09 Å². The Morgan fingerprint density at radius 1 is 1.27 bits per heavy atom. The van der Waals surface area contributed by atoms with Crippen molar-refractivity contribution in [2.45, 2.75) is 19.4 Å². The van der Waals surface area contributed by atoms with Crippen molar-refractivity contribution in [1.82, 2.24) is 0 Å². The summed E-state index contributed by atoms with van der Waals surface area (Å²) in [6.07, 6.45) is -0.394. The van der Waals surface area contributed by atoms with Gasteiger partial charge in [0.2, 0.25) is 0 Å². The molecule has 0 fully saturated rings. The molecule has 1 aromatic heterocycles. The maximum atomic E-state index is 12.4. The van der Waals surface area contributed by atoms with Crippen LogP contribution in [0.2, 0.25) is 0 Å². The summed E-state index contributed by atoms with van der Waals surface area (Å²) < 4.78 is 11.2. The Hall–Kier alpha value is -1.44. The number of benzene rings is 1. The minimum Gasteiger partial charge on any atom is -0.497 e. The number of nitrogens with zero attached hydrogens (tertiary/aromatic N) is 1. The quantitative estimate of drug-likeness (QED) is 0.532. The average Bonchev–Trinajstić information content (AvgIpc) is 2.89. The fraction of sp³-hybridized carbons (Fsp3) is 0.333. The molecule has 0 bridgehead atoms. The Bertz CT molecular complexity index is 807. The zero-order valence-electron chi connectivity index (χ0n) is 12.6. The predicted octanol–water partition coefficient (Wildman–Crippen LogP) is 5.04. The Morgan fingerprint density at radius 3 is 2.64 bits per heavy atom. The molecule has 0 spiro atoms. The highest BCUT2D eigenvalue weighted by molar-refractivity contribution is 7.80. The monoisotopic (exact) mass is 353 g/mol. The molecule has 0 saturated carbocycles. The highest BCUT2D eigenvalue weighted by Crippen LogP contribution is 2.52. The summed E-state index contributed by atoms with van der Waals surface area (Å²) in [6, 6.07) is 5.69. The average molecular weight is 353 g/mol. The van der Waals surface area contributed by atoms with Gasteiger partial charge in [-0.15, -0.1) is 0 Å². The normalized spacial score (nSPS) is 15.0. The molecule has 1 aliphatic heterocycles. The molecule has 7 heteroatoms. The van der Waals surface area contributed by atoms with E-state index in [1.54, 1.807) is 32.7 Å². The van der Waals surface area contributed by atoms with Gasteiger partial charge in [-0.2, -0.15) is 0 Å². The zero-order chi connectivity index (χ0) is 16.1. The van der Waals surface area contributed by atoms with Gasteiger partial charge in [-0.3, -0.25) is 4.90 Å². The van der Waals surface area contributed by atoms with Gasteiger partial charge in [-0.1, -0.05) is 32.9 Å². The molecule has 1 aromatic carbocycles. The third kappa shape index (κ3) is 2.07. The van der Waals surface area contributed by atoms with Crippen LogP contribution in [0.3, 0.4) is 0 Å². The van der Waals surface area contributed by atoms with Gasteiger partial charge in [0.1, 0.15) is 9.57 Å². The molecular formula is C15H15NO3S3. The smallest absolute Gasteiger partial charge is 0.414 e. The third-order valence-corrected chi connectivity index (χ3v) is 7.15. The van der Waals surface area contributed by atoms with Crippen molar-refractivity contribution in [3.8, 4) is 16.9 Å². The lowest BCUT2D eigenvalue weighted by molar-refractivity contribution is 0.171. The molecule has 0 saturated heterocycles. The highest BCUT2D eigenvalue weighted by Gasteiger charge is 2.43. The second kappa shape index (κ2) is 5.33. The molecule has 4 nitrogen and oxygen atoms in total. The van der Waals surface area contributed by atoms with Gasteiger partial charge in [-0.25, -0.2) is 4.79 Å². The first-order chi connectivity index (χ1) is 10.4. The summed E-state index contributed by atoms with van der Waals surface area (Å²) in [4.78, 5) is 15.2. The minimum absolute atomic E-state index is 0.394. The first-order valence-corrected chi connectivity index (χ1v) is 9.17. The van der Waals surface area contributed by atoms with Crippen LogP contribution in [-0.2, 0) is 10.3 Å². The summed E-state index contributed by atoms with van der Waals surface area (Å²) >= 11 is 5.51. The Labute approximate surface area is 141 Å². The van der Waals surface area contributed by atoms with Gasteiger partial charge in [0.15, 0.2) is 0 Å². The van der Waals surface area contributed by atoms with Crippen LogP contribution in [0.5, 0.6) is 5.75 Å². The van der Waals surface area contributed by atoms with Crippen LogP contribution in [0.4, 0.5) is 10.5 Å². The van der Waals surface area contributed by atoms with E-state index >= 15 is 0 Å². The Balaban J connectivity index is 2.37.